The highest BCUT2D eigenvalue weighted by molar-refractivity contribution is 9.10. The van der Waals surface area contributed by atoms with Gasteiger partial charge in [0.1, 0.15) is 5.75 Å². The molecule has 1 aromatic rings. The van der Waals surface area contributed by atoms with Crippen LogP contribution in [0, 0.1) is 0 Å². The van der Waals surface area contributed by atoms with Gasteiger partial charge in [-0.15, -0.1) is 0 Å². The molecule has 0 N–H and O–H groups in total. The molecule has 0 aliphatic heterocycles. The average molecular weight is 263 g/mol. The molecular weight excluding hydrogens is 252 g/mol. The largest absolute Gasteiger partial charge is 0.496 e. The van der Waals surface area contributed by atoms with Crippen molar-refractivity contribution >= 4 is 27.7 Å². The van der Waals surface area contributed by atoms with E-state index in [4.69, 9.17) is 9.47 Å². The number of thioether (sulfide) groups is 1. The van der Waals surface area contributed by atoms with E-state index >= 15 is 0 Å². The molecule has 0 aliphatic carbocycles. The summed E-state index contributed by atoms with van der Waals surface area (Å²) in [7, 11) is 3.34. The first-order valence-corrected chi connectivity index (χ1v) is 5.51. The Morgan fingerprint density at radius 1 is 1.38 bits per heavy atom. The highest BCUT2D eigenvalue weighted by Gasteiger charge is 2.03. The lowest BCUT2D eigenvalue weighted by Gasteiger charge is -2.07. The van der Waals surface area contributed by atoms with Crippen LogP contribution >= 0.6 is 27.7 Å². The van der Waals surface area contributed by atoms with E-state index in [0.717, 1.165) is 15.1 Å². The molecule has 0 fully saturated rings. The van der Waals surface area contributed by atoms with Crippen LogP contribution in [0.3, 0.4) is 0 Å². The number of halogens is 1. The number of benzene rings is 1. The minimum atomic E-state index is 0.632. The molecule has 0 aromatic heterocycles. The molecule has 0 atom stereocenters. The molecule has 2 nitrogen and oxygen atoms in total. The van der Waals surface area contributed by atoms with Gasteiger partial charge in [0.05, 0.1) is 17.9 Å². The van der Waals surface area contributed by atoms with Crippen LogP contribution in [-0.4, -0.2) is 20.2 Å². The molecule has 0 saturated carbocycles. The van der Waals surface area contributed by atoms with Crippen molar-refractivity contribution in [1.29, 1.82) is 0 Å². The summed E-state index contributed by atoms with van der Waals surface area (Å²) in [6, 6.07) is 5.90. The molecule has 4 heteroatoms. The van der Waals surface area contributed by atoms with E-state index in [-0.39, 0.29) is 0 Å². The van der Waals surface area contributed by atoms with Crippen molar-refractivity contribution < 1.29 is 9.47 Å². The molecule has 0 amide bonds. The monoisotopic (exact) mass is 262 g/mol. The zero-order valence-corrected chi connectivity index (χ0v) is 9.94. The Labute approximate surface area is 90.7 Å². The third-order valence-electron chi connectivity index (χ3n) is 1.46. The van der Waals surface area contributed by atoms with E-state index in [1.54, 1.807) is 26.0 Å². The molecule has 0 bridgehead atoms. The third kappa shape index (κ3) is 3.21. The fraction of sp³-hybridized carbons (Fsp3) is 0.333. The highest BCUT2D eigenvalue weighted by atomic mass is 79.9. The molecule has 1 rings (SSSR count). The van der Waals surface area contributed by atoms with Crippen LogP contribution in [0.1, 0.15) is 0 Å². The van der Waals surface area contributed by atoms with Crippen molar-refractivity contribution in [2.45, 2.75) is 4.90 Å². The SMILES string of the molecule is COCSc1cc(Br)ccc1OC. The maximum absolute atomic E-state index is 5.20. The van der Waals surface area contributed by atoms with Crippen molar-refractivity contribution in [3.8, 4) is 5.75 Å². The minimum Gasteiger partial charge on any atom is -0.496 e. The Morgan fingerprint density at radius 2 is 2.15 bits per heavy atom. The van der Waals surface area contributed by atoms with Gasteiger partial charge in [0, 0.05) is 11.6 Å². The first kappa shape index (κ1) is 10.9. The lowest BCUT2D eigenvalue weighted by molar-refractivity contribution is 0.258. The Morgan fingerprint density at radius 3 is 2.77 bits per heavy atom. The van der Waals surface area contributed by atoms with E-state index in [2.05, 4.69) is 15.9 Å². The van der Waals surface area contributed by atoms with Gasteiger partial charge in [0.25, 0.3) is 0 Å². The van der Waals surface area contributed by atoms with Crippen LogP contribution in [0.15, 0.2) is 27.6 Å². The van der Waals surface area contributed by atoms with Crippen LogP contribution in [0.4, 0.5) is 0 Å². The highest BCUT2D eigenvalue weighted by Crippen LogP contribution is 2.31. The second-order valence-corrected chi connectivity index (χ2v) is 4.23. The predicted octanol–water partition coefficient (Wildman–Crippen LogP) is 3.15. The lowest BCUT2D eigenvalue weighted by Crippen LogP contribution is -1.88. The molecule has 0 aliphatic rings. The predicted molar refractivity (Wildman–Crippen MR) is 58.4 cm³/mol. The van der Waals surface area contributed by atoms with Crippen molar-refractivity contribution in [3.05, 3.63) is 22.7 Å². The van der Waals surface area contributed by atoms with Gasteiger partial charge in [-0.05, 0) is 18.2 Å². The normalized spacial score (nSPS) is 10.1. The molecule has 0 spiro atoms. The standard InChI is InChI=1S/C9H11BrO2S/c1-11-6-13-9-5-7(10)3-4-8(9)12-2/h3-5H,6H2,1-2H3. The number of hydrogen-bond donors (Lipinski definition) is 0. The topological polar surface area (TPSA) is 18.5 Å². The van der Waals surface area contributed by atoms with Crippen LogP contribution in [0.5, 0.6) is 5.75 Å². The first-order valence-electron chi connectivity index (χ1n) is 3.73. The Bertz CT molecular complexity index is 278. The molecule has 13 heavy (non-hydrogen) atoms. The van der Waals surface area contributed by atoms with Gasteiger partial charge >= 0.3 is 0 Å². The molecule has 1 aromatic carbocycles. The summed E-state index contributed by atoms with van der Waals surface area (Å²) in [5.41, 5.74) is 0. The Hall–Kier alpha value is -0.190. The van der Waals surface area contributed by atoms with E-state index < -0.39 is 0 Å². The van der Waals surface area contributed by atoms with E-state index in [1.807, 2.05) is 18.2 Å². The average Bonchev–Trinajstić information content (AvgIpc) is 2.15. The quantitative estimate of drug-likeness (QED) is 0.614. The van der Waals surface area contributed by atoms with Gasteiger partial charge in [0.15, 0.2) is 0 Å². The first-order chi connectivity index (χ1) is 6.27. The van der Waals surface area contributed by atoms with Crippen LogP contribution in [0.2, 0.25) is 0 Å². The number of hydrogen-bond acceptors (Lipinski definition) is 3. The Balaban J connectivity index is 2.81. The second kappa shape index (κ2) is 5.52. The molecular formula is C9H11BrO2S. The zero-order valence-electron chi connectivity index (χ0n) is 7.54. The van der Waals surface area contributed by atoms with Crippen LogP contribution in [0.25, 0.3) is 0 Å². The summed E-state index contributed by atoms with van der Waals surface area (Å²) in [4.78, 5) is 1.08. The van der Waals surface area contributed by atoms with E-state index in [9.17, 15) is 0 Å². The van der Waals surface area contributed by atoms with Gasteiger partial charge in [-0.1, -0.05) is 27.7 Å². The fourth-order valence-electron chi connectivity index (χ4n) is 0.886. The van der Waals surface area contributed by atoms with Gasteiger partial charge < -0.3 is 9.47 Å². The fourth-order valence-corrected chi connectivity index (χ4v) is 2.15. The van der Waals surface area contributed by atoms with Crippen molar-refractivity contribution in [2.75, 3.05) is 20.2 Å². The van der Waals surface area contributed by atoms with Gasteiger partial charge in [0.2, 0.25) is 0 Å². The van der Waals surface area contributed by atoms with Crippen molar-refractivity contribution in [1.82, 2.24) is 0 Å². The van der Waals surface area contributed by atoms with Crippen molar-refractivity contribution in [3.63, 3.8) is 0 Å². The van der Waals surface area contributed by atoms with Gasteiger partial charge in [-0.2, -0.15) is 0 Å². The summed E-state index contributed by atoms with van der Waals surface area (Å²) >= 11 is 5.02. The second-order valence-electron chi connectivity index (χ2n) is 2.35. The summed E-state index contributed by atoms with van der Waals surface area (Å²) in [6.45, 7) is 0. The van der Waals surface area contributed by atoms with Crippen molar-refractivity contribution in [2.24, 2.45) is 0 Å². The number of rotatable bonds is 4. The molecule has 0 heterocycles. The van der Waals surface area contributed by atoms with E-state index in [1.165, 1.54) is 0 Å². The van der Waals surface area contributed by atoms with Gasteiger partial charge in [-0.25, -0.2) is 0 Å². The van der Waals surface area contributed by atoms with E-state index in [0.29, 0.717) is 5.94 Å². The van der Waals surface area contributed by atoms with Gasteiger partial charge in [-0.3, -0.25) is 0 Å². The van der Waals surface area contributed by atoms with Crippen LogP contribution in [-0.2, 0) is 4.74 Å². The maximum atomic E-state index is 5.20. The lowest BCUT2D eigenvalue weighted by atomic mass is 10.3. The molecule has 72 valence electrons. The number of ether oxygens (including phenoxy) is 2. The summed E-state index contributed by atoms with van der Waals surface area (Å²) in [5, 5.41) is 0. The molecule has 0 saturated heterocycles. The summed E-state index contributed by atoms with van der Waals surface area (Å²) in [5.74, 6) is 1.51. The maximum Gasteiger partial charge on any atom is 0.132 e. The molecule has 0 radical (unpaired) electrons. The summed E-state index contributed by atoms with van der Waals surface area (Å²) < 4.78 is 11.2. The Kier molecular flexibility index (Phi) is 4.62. The third-order valence-corrected chi connectivity index (χ3v) is 2.93. The van der Waals surface area contributed by atoms with Crippen LogP contribution < -0.4 is 4.74 Å². The smallest absolute Gasteiger partial charge is 0.132 e. The molecule has 0 unspecified atom stereocenters. The zero-order chi connectivity index (χ0) is 9.68. The summed E-state index contributed by atoms with van der Waals surface area (Å²) in [6.07, 6.45) is 0. The number of methoxy groups -OCH3 is 2. The minimum absolute atomic E-state index is 0.632.